The van der Waals surface area contributed by atoms with Crippen molar-refractivity contribution in [3.8, 4) is 0 Å². The van der Waals surface area contributed by atoms with Gasteiger partial charge < -0.3 is 5.73 Å². The van der Waals surface area contributed by atoms with Crippen LogP contribution in [0, 0.1) is 0 Å². The van der Waals surface area contributed by atoms with E-state index in [1.807, 2.05) is 0 Å². The Morgan fingerprint density at radius 3 is 2.55 bits per heavy atom. The Hall–Kier alpha value is -0.300. The molecule has 11 heavy (non-hydrogen) atoms. The zero-order chi connectivity index (χ0) is 8.53. The lowest BCUT2D eigenvalue weighted by Gasteiger charge is -1.96. The average Bonchev–Trinajstić information content (AvgIpc) is 2.04. The van der Waals surface area contributed by atoms with Crippen molar-refractivity contribution in [2.24, 2.45) is 5.73 Å². The molecule has 66 valence electrons. The number of unbranched alkanes of at least 4 members (excludes halogenated alkanes) is 4. The summed E-state index contributed by atoms with van der Waals surface area (Å²) in [6, 6.07) is 0. The van der Waals surface area contributed by atoms with Crippen LogP contribution in [-0.4, -0.2) is 6.54 Å². The Balaban J connectivity index is 3.12. The van der Waals surface area contributed by atoms with E-state index in [0.717, 1.165) is 0 Å². The molecule has 0 heterocycles. The zero-order valence-electron chi connectivity index (χ0n) is 7.90. The largest absolute Gasteiger partial charge is 0.327 e. The third-order valence-electron chi connectivity index (χ3n) is 1.87. The second-order valence-electron chi connectivity index (χ2n) is 3.10. The quantitative estimate of drug-likeness (QED) is 0.463. The summed E-state index contributed by atoms with van der Waals surface area (Å²) < 4.78 is 0. The van der Waals surface area contributed by atoms with Crippen molar-refractivity contribution in [1.82, 2.24) is 0 Å². The first-order valence-corrected chi connectivity index (χ1v) is 4.67. The van der Waals surface area contributed by atoms with E-state index < -0.39 is 0 Å². The first kappa shape index (κ1) is 10.7. The van der Waals surface area contributed by atoms with Crippen molar-refractivity contribution in [3.63, 3.8) is 0 Å². The van der Waals surface area contributed by atoms with E-state index in [9.17, 15) is 0 Å². The smallest absolute Gasteiger partial charge is 0.0134 e. The average molecular weight is 155 g/mol. The van der Waals surface area contributed by atoms with Gasteiger partial charge in [0.05, 0.1) is 0 Å². The van der Waals surface area contributed by atoms with Crippen molar-refractivity contribution in [3.05, 3.63) is 11.6 Å². The van der Waals surface area contributed by atoms with Gasteiger partial charge in [0.25, 0.3) is 0 Å². The first-order chi connectivity index (χ1) is 5.31. The number of rotatable bonds is 6. The number of hydrogen-bond donors (Lipinski definition) is 1. The van der Waals surface area contributed by atoms with Crippen molar-refractivity contribution < 1.29 is 0 Å². The molecule has 1 nitrogen and oxygen atoms in total. The number of allylic oxidation sites excluding steroid dienone is 1. The van der Waals surface area contributed by atoms with E-state index in [1.54, 1.807) is 0 Å². The molecule has 0 radical (unpaired) electrons. The van der Waals surface area contributed by atoms with Crippen LogP contribution in [-0.2, 0) is 0 Å². The molecule has 2 N–H and O–H groups in total. The van der Waals surface area contributed by atoms with Gasteiger partial charge in [0.15, 0.2) is 0 Å². The highest BCUT2D eigenvalue weighted by Gasteiger charge is 1.86. The van der Waals surface area contributed by atoms with E-state index in [2.05, 4.69) is 19.9 Å². The van der Waals surface area contributed by atoms with E-state index in [-0.39, 0.29) is 0 Å². The molecular formula is C10H21N. The summed E-state index contributed by atoms with van der Waals surface area (Å²) in [7, 11) is 0. The van der Waals surface area contributed by atoms with Gasteiger partial charge in [0.2, 0.25) is 0 Å². The Morgan fingerprint density at radius 1 is 1.27 bits per heavy atom. The Morgan fingerprint density at radius 2 is 2.00 bits per heavy atom. The van der Waals surface area contributed by atoms with Gasteiger partial charge in [-0.3, -0.25) is 0 Å². The molecule has 0 aliphatic heterocycles. The predicted molar refractivity (Wildman–Crippen MR) is 51.6 cm³/mol. The van der Waals surface area contributed by atoms with Gasteiger partial charge >= 0.3 is 0 Å². The van der Waals surface area contributed by atoms with Gasteiger partial charge in [-0.15, -0.1) is 0 Å². The maximum absolute atomic E-state index is 5.44. The van der Waals surface area contributed by atoms with Gasteiger partial charge in [-0.2, -0.15) is 0 Å². The standard InChI is InChI=1S/C10H21N/c1-3-4-5-6-7-8-10(2)9-11/h8H,3-7,9,11H2,1-2H3/b10-8+. The third-order valence-corrected chi connectivity index (χ3v) is 1.87. The Labute approximate surface area is 70.7 Å². The summed E-state index contributed by atoms with van der Waals surface area (Å²) in [4.78, 5) is 0. The van der Waals surface area contributed by atoms with Crippen LogP contribution in [0.15, 0.2) is 11.6 Å². The molecule has 0 saturated heterocycles. The molecular weight excluding hydrogens is 134 g/mol. The van der Waals surface area contributed by atoms with Gasteiger partial charge in [-0.05, 0) is 19.8 Å². The van der Waals surface area contributed by atoms with Crippen LogP contribution in [0.2, 0.25) is 0 Å². The van der Waals surface area contributed by atoms with Crippen LogP contribution < -0.4 is 5.73 Å². The second-order valence-corrected chi connectivity index (χ2v) is 3.10. The SMILES string of the molecule is CCCCCC/C=C(\C)CN. The molecule has 0 aromatic rings. The fraction of sp³-hybridized carbons (Fsp3) is 0.800. The molecule has 0 aromatic carbocycles. The minimum absolute atomic E-state index is 0.716. The molecule has 1 heteroatoms. The molecule has 0 amide bonds. The molecule has 0 fully saturated rings. The van der Waals surface area contributed by atoms with Crippen molar-refractivity contribution in [2.45, 2.75) is 46.0 Å². The van der Waals surface area contributed by atoms with Gasteiger partial charge in [0.1, 0.15) is 0 Å². The zero-order valence-corrected chi connectivity index (χ0v) is 7.90. The molecule has 0 aliphatic carbocycles. The minimum atomic E-state index is 0.716. The van der Waals surface area contributed by atoms with E-state index >= 15 is 0 Å². The van der Waals surface area contributed by atoms with Crippen LogP contribution in [0.4, 0.5) is 0 Å². The normalized spacial score (nSPS) is 12.1. The molecule has 0 saturated carbocycles. The van der Waals surface area contributed by atoms with Gasteiger partial charge in [-0.25, -0.2) is 0 Å². The fourth-order valence-corrected chi connectivity index (χ4v) is 1.00. The maximum Gasteiger partial charge on any atom is 0.0134 e. The highest BCUT2D eigenvalue weighted by Crippen LogP contribution is 2.04. The number of hydrogen-bond acceptors (Lipinski definition) is 1. The molecule has 0 rings (SSSR count). The third kappa shape index (κ3) is 7.60. The van der Waals surface area contributed by atoms with E-state index in [1.165, 1.54) is 37.7 Å². The summed E-state index contributed by atoms with van der Waals surface area (Å²) in [5, 5.41) is 0. The van der Waals surface area contributed by atoms with Gasteiger partial charge in [0, 0.05) is 6.54 Å². The summed E-state index contributed by atoms with van der Waals surface area (Å²) in [5.41, 5.74) is 6.77. The summed E-state index contributed by atoms with van der Waals surface area (Å²) >= 11 is 0. The van der Waals surface area contributed by atoms with E-state index in [4.69, 9.17) is 5.73 Å². The molecule has 0 bridgehead atoms. The maximum atomic E-state index is 5.44. The van der Waals surface area contributed by atoms with Crippen LogP contribution in [0.1, 0.15) is 46.0 Å². The Kier molecular flexibility index (Phi) is 7.59. The topological polar surface area (TPSA) is 26.0 Å². The summed E-state index contributed by atoms with van der Waals surface area (Å²) in [6.07, 6.45) is 8.85. The lowest BCUT2D eigenvalue weighted by molar-refractivity contribution is 0.673. The lowest BCUT2D eigenvalue weighted by atomic mass is 10.1. The number of nitrogens with two attached hydrogens (primary N) is 1. The van der Waals surface area contributed by atoms with Crippen LogP contribution >= 0.6 is 0 Å². The second kappa shape index (κ2) is 7.80. The summed E-state index contributed by atoms with van der Waals surface area (Å²) in [6.45, 7) is 5.05. The van der Waals surface area contributed by atoms with E-state index in [0.29, 0.717) is 6.54 Å². The predicted octanol–water partition coefficient (Wildman–Crippen LogP) is 2.86. The molecule has 0 aliphatic rings. The van der Waals surface area contributed by atoms with Crippen molar-refractivity contribution >= 4 is 0 Å². The summed E-state index contributed by atoms with van der Waals surface area (Å²) in [5.74, 6) is 0. The van der Waals surface area contributed by atoms with Crippen LogP contribution in [0.3, 0.4) is 0 Å². The monoisotopic (exact) mass is 155 g/mol. The highest BCUT2D eigenvalue weighted by molar-refractivity contribution is 4.98. The fourth-order valence-electron chi connectivity index (χ4n) is 1.00. The van der Waals surface area contributed by atoms with Crippen LogP contribution in [0.25, 0.3) is 0 Å². The van der Waals surface area contributed by atoms with Crippen molar-refractivity contribution in [2.75, 3.05) is 6.54 Å². The lowest BCUT2D eigenvalue weighted by Crippen LogP contribution is -1.99. The Bertz CT molecular complexity index is 105. The minimum Gasteiger partial charge on any atom is -0.327 e. The van der Waals surface area contributed by atoms with Crippen LogP contribution in [0.5, 0.6) is 0 Å². The first-order valence-electron chi connectivity index (χ1n) is 4.67. The van der Waals surface area contributed by atoms with Gasteiger partial charge in [-0.1, -0.05) is 37.8 Å². The molecule has 0 unspecified atom stereocenters. The molecule has 0 aromatic heterocycles. The van der Waals surface area contributed by atoms with Crippen molar-refractivity contribution in [1.29, 1.82) is 0 Å². The molecule has 0 atom stereocenters. The molecule has 0 spiro atoms. The highest BCUT2D eigenvalue weighted by atomic mass is 14.5.